The number of carboxylic acids is 2. The van der Waals surface area contributed by atoms with E-state index in [2.05, 4.69) is 0 Å². The zero-order chi connectivity index (χ0) is 16.7. The molecule has 120 valence electrons. The summed E-state index contributed by atoms with van der Waals surface area (Å²) < 4.78 is 0. The predicted octanol–water partition coefficient (Wildman–Crippen LogP) is 4.29. The molecule has 2 N–H and O–H groups in total. The normalized spacial score (nSPS) is 12.1. The Hall–Kier alpha value is -1.06. The summed E-state index contributed by atoms with van der Waals surface area (Å²) in [5.41, 5.74) is -0.639. The van der Waals surface area contributed by atoms with Crippen molar-refractivity contribution in [2.45, 2.75) is 68.2 Å². The Bertz CT molecular complexity index is 314. The van der Waals surface area contributed by atoms with Gasteiger partial charge in [-0.15, -0.1) is 0 Å². The van der Waals surface area contributed by atoms with E-state index in [9.17, 15) is 9.59 Å². The summed E-state index contributed by atoms with van der Waals surface area (Å²) in [7, 11) is 0. The Morgan fingerprint density at radius 2 is 1.35 bits per heavy atom. The molecule has 0 radical (unpaired) electrons. The second-order valence-corrected chi connectivity index (χ2v) is 7.50. The highest BCUT2D eigenvalue weighted by molar-refractivity contribution is 5.73. The Kier molecular flexibility index (Phi) is 8.79. The van der Waals surface area contributed by atoms with Gasteiger partial charge in [-0.2, -0.15) is 0 Å². The van der Waals surface area contributed by atoms with Crippen LogP contribution in [0.25, 0.3) is 0 Å². The van der Waals surface area contributed by atoms with Crippen LogP contribution in [0.2, 0.25) is 0 Å². The number of aliphatic carboxylic acids is 2. The maximum Gasteiger partial charge on any atom is 0.309 e. The molecule has 0 aromatic rings. The van der Waals surface area contributed by atoms with Crippen molar-refractivity contribution in [2.24, 2.45) is 22.7 Å². The Balaban J connectivity index is 0. The summed E-state index contributed by atoms with van der Waals surface area (Å²) in [5.74, 6) is -0.547. The van der Waals surface area contributed by atoms with E-state index in [1.54, 1.807) is 13.8 Å². The molecule has 4 nitrogen and oxygen atoms in total. The molecule has 0 aromatic heterocycles. The monoisotopic (exact) mass is 288 g/mol. The molecule has 0 aliphatic rings. The molecule has 0 unspecified atom stereocenters. The van der Waals surface area contributed by atoms with Gasteiger partial charge in [0.15, 0.2) is 0 Å². The first-order valence-electron chi connectivity index (χ1n) is 7.17. The van der Waals surface area contributed by atoms with Gasteiger partial charge in [0.1, 0.15) is 0 Å². The topological polar surface area (TPSA) is 74.6 Å². The average Bonchev–Trinajstić information content (AvgIpc) is 2.13. The largest absolute Gasteiger partial charge is 0.481 e. The molecular weight excluding hydrogens is 256 g/mol. The summed E-state index contributed by atoms with van der Waals surface area (Å²) in [6.07, 6.45) is 0.993. The van der Waals surface area contributed by atoms with Crippen molar-refractivity contribution >= 4 is 11.9 Å². The summed E-state index contributed by atoms with van der Waals surface area (Å²) in [4.78, 5) is 20.9. The second-order valence-electron chi connectivity index (χ2n) is 7.50. The molecule has 0 saturated carbocycles. The zero-order valence-electron chi connectivity index (χ0n) is 14.3. The molecule has 0 aromatic carbocycles. The van der Waals surface area contributed by atoms with Gasteiger partial charge in [-0.05, 0) is 37.5 Å². The fourth-order valence-electron chi connectivity index (χ4n) is 1.70. The number of hydrogen-bond donors (Lipinski definition) is 2. The predicted molar refractivity (Wildman–Crippen MR) is 81.7 cm³/mol. The minimum atomic E-state index is -0.710. The van der Waals surface area contributed by atoms with E-state index in [4.69, 9.17) is 10.2 Å². The van der Waals surface area contributed by atoms with Crippen molar-refractivity contribution < 1.29 is 19.8 Å². The molecule has 0 rings (SSSR count). The van der Waals surface area contributed by atoms with Crippen LogP contribution in [-0.4, -0.2) is 22.2 Å². The lowest BCUT2D eigenvalue weighted by Gasteiger charge is -2.26. The average molecular weight is 288 g/mol. The minimum absolute atomic E-state index is 0.0775. The van der Waals surface area contributed by atoms with Crippen LogP contribution in [0.1, 0.15) is 68.2 Å². The Labute approximate surface area is 123 Å². The van der Waals surface area contributed by atoms with Crippen molar-refractivity contribution in [2.75, 3.05) is 0 Å². The van der Waals surface area contributed by atoms with Gasteiger partial charge in [0.05, 0.1) is 11.8 Å². The van der Waals surface area contributed by atoms with Crippen molar-refractivity contribution in [1.82, 2.24) is 0 Å². The fraction of sp³-hybridized carbons (Fsp3) is 0.875. The smallest absolute Gasteiger partial charge is 0.309 e. The Morgan fingerprint density at radius 3 is 1.45 bits per heavy atom. The maximum atomic E-state index is 10.6. The van der Waals surface area contributed by atoms with Crippen LogP contribution < -0.4 is 0 Å². The molecular formula is C16H32O4. The molecule has 0 spiro atoms. The van der Waals surface area contributed by atoms with Gasteiger partial charge < -0.3 is 10.2 Å². The standard InChI is InChI=1S/2C8H16O2/c1-6(2)8(3,4)5-7(9)10;1-6(2)5-8(3,4)7(9)10/h2*6H,5H2,1-4H3,(H,9,10). The number of carboxylic acid groups (broad SMARTS) is 2. The quantitative estimate of drug-likeness (QED) is 0.764. The van der Waals surface area contributed by atoms with E-state index in [0.717, 1.165) is 6.42 Å². The van der Waals surface area contributed by atoms with Gasteiger partial charge in [-0.3, -0.25) is 9.59 Å². The SMILES string of the molecule is CC(C)C(C)(C)CC(=O)O.CC(C)CC(C)(C)C(=O)O. The van der Waals surface area contributed by atoms with Gasteiger partial charge in [0, 0.05) is 0 Å². The lowest BCUT2D eigenvalue weighted by atomic mass is 9.78. The Morgan fingerprint density at radius 1 is 0.950 bits per heavy atom. The number of rotatable bonds is 6. The number of hydrogen-bond acceptors (Lipinski definition) is 2. The molecule has 0 fully saturated rings. The maximum absolute atomic E-state index is 10.6. The molecule has 0 bridgehead atoms. The van der Waals surface area contributed by atoms with Crippen LogP contribution in [0.4, 0.5) is 0 Å². The lowest BCUT2D eigenvalue weighted by Crippen LogP contribution is -2.25. The van der Waals surface area contributed by atoms with Crippen LogP contribution in [0.15, 0.2) is 0 Å². The van der Waals surface area contributed by atoms with Crippen LogP contribution in [0.3, 0.4) is 0 Å². The molecule has 4 heteroatoms. The third kappa shape index (κ3) is 9.82. The molecule has 0 aliphatic carbocycles. The summed E-state index contributed by atoms with van der Waals surface area (Å²) in [6.45, 7) is 15.6. The van der Waals surface area contributed by atoms with Gasteiger partial charge in [-0.25, -0.2) is 0 Å². The van der Waals surface area contributed by atoms with Crippen LogP contribution in [0, 0.1) is 22.7 Å². The van der Waals surface area contributed by atoms with Crippen LogP contribution >= 0.6 is 0 Å². The zero-order valence-corrected chi connectivity index (χ0v) is 14.3. The van der Waals surface area contributed by atoms with E-state index in [-0.39, 0.29) is 11.8 Å². The third-order valence-electron chi connectivity index (χ3n) is 3.67. The highest BCUT2D eigenvalue weighted by Gasteiger charge is 2.27. The molecule has 20 heavy (non-hydrogen) atoms. The summed E-state index contributed by atoms with van der Waals surface area (Å²) in [5, 5.41) is 17.2. The summed E-state index contributed by atoms with van der Waals surface area (Å²) in [6, 6.07) is 0. The van der Waals surface area contributed by atoms with Crippen molar-refractivity contribution in [3.63, 3.8) is 0 Å². The van der Waals surface area contributed by atoms with Crippen LogP contribution in [-0.2, 0) is 9.59 Å². The summed E-state index contributed by atoms with van der Waals surface area (Å²) >= 11 is 0. The molecule has 0 atom stereocenters. The van der Waals surface area contributed by atoms with Gasteiger partial charge in [0.2, 0.25) is 0 Å². The van der Waals surface area contributed by atoms with E-state index < -0.39 is 17.4 Å². The van der Waals surface area contributed by atoms with E-state index in [0.29, 0.717) is 11.8 Å². The highest BCUT2D eigenvalue weighted by Crippen LogP contribution is 2.29. The molecule has 0 heterocycles. The highest BCUT2D eigenvalue weighted by atomic mass is 16.4. The van der Waals surface area contributed by atoms with Gasteiger partial charge in [0.25, 0.3) is 0 Å². The lowest BCUT2D eigenvalue weighted by molar-refractivity contribution is -0.147. The van der Waals surface area contributed by atoms with Crippen molar-refractivity contribution in [1.29, 1.82) is 0 Å². The van der Waals surface area contributed by atoms with Gasteiger partial charge in [-0.1, -0.05) is 41.5 Å². The first-order valence-corrected chi connectivity index (χ1v) is 7.17. The number of carbonyl (C=O) groups is 2. The van der Waals surface area contributed by atoms with Crippen molar-refractivity contribution in [3.05, 3.63) is 0 Å². The first kappa shape index (κ1) is 21.2. The fourth-order valence-corrected chi connectivity index (χ4v) is 1.70. The van der Waals surface area contributed by atoms with Crippen molar-refractivity contribution in [3.8, 4) is 0 Å². The first-order chi connectivity index (χ1) is 8.72. The molecule has 0 saturated heterocycles. The minimum Gasteiger partial charge on any atom is -0.481 e. The van der Waals surface area contributed by atoms with Gasteiger partial charge >= 0.3 is 11.9 Å². The van der Waals surface area contributed by atoms with Crippen LogP contribution in [0.5, 0.6) is 0 Å². The van der Waals surface area contributed by atoms with E-state index in [1.165, 1.54) is 0 Å². The van der Waals surface area contributed by atoms with E-state index in [1.807, 2.05) is 41.5 Å². The third-order valence-corrected chi connectivity index (χ3v) is 3.67. The van der Waals surface area contributed by atoms with E-state index >= 15 is 0 Å². The molecule has 0 aliphatic heterocycles. The second kappa shape index (κ2) is 8.28. The molecule has 0 amide bonds.